The van der Waals surface area contributed by atoms with Gasteiger partial charge in [-0.05, 0) is 25.5 Å². The number of hydrogen-bond acceptors (Lipinski definition) is 2. The van der Waals surface area contributed by atoms with Crippen molar-refractivity contribution in [3.05, 3.63) is 54.1 Å². The topological polar surface area (TPSA) is 46.9 Å². The lowest BCUT2D eigenvalue weighted by atomic mass is 10.1. The third-order valence-electron chi connectivity index (χ3n) is 2.75. The van der Waals surface area contributed by atoms with Gasteiger partial charge < -0.3 is 9.88 Å². The predicted molar refractivity (Wildman–Crippen MR) is 81.7 cm³/mol. The number of imidazole rings is 1. The lowest BCUT2D eigenvalue weighted by molar-refractivity contribution is 0.0952. The zero-order valence-corrected chi connectivity index (χ0v) is 12.5. The van der Waals surface area contributed by atoms with E-state index in [9.17, 15) is 4.79 Å². The van der Waals surface area contributed by atoms with Crippen molar-refractivity contribution in [1.29, 1.82) is 0 Å². The highest BCUT2D eigenvalue weighted by molar-refractivity contribution is 5.94. The number of nitrogens with one attached hydrogen (secondary N) is 1. The third kappa shape index (κ3) is 5.26. The molecule has 2 aromatic rings. The summed E-state index contributed by atoms with van der Waals surface area (Å²) in [5, 5.41) is 2.91. The van der Waals surface area contributed by atoms with Gasteiger partial charge in [0.2, 0.25) is 0 Å². The number of rotatable bonds is 5. The lowest BCUT2D eigenvalue weighted by Gasteiger charge is -2.06. The van der Waals surface area contributed by atoms with Crippen LogP contribution in [0.5, 0.6) is 0 Å². The van der Waals surface area contributed by atoms with Crippen molar-refractivity contribution in [3.63, 3.8) is 0 Å². The number of amides is 1. The molecule has 0 aliphatic carbocycles. The maximum atomic E-state index is 11.8. The molecule has 20 heavy (non-hydrogen) atoms. The highest BCUT2D eigenvalue weighted by Crippen LogP contribution is 2.02. The van der Waals surface area contributed by atoms with Gasteiger partial charge in [0.1, 0.15) is 0 Å². The molecular formula is C16H23N3O. The third-order valence-corrected chi connectivity index (χ3v) is 2.75. The molecule has 0 fully saturated rings. The minimum Gasteiger partial charge on any atom is -0.352 e. The highest BCUT2D eigenvalue weighted by atomic mass is 16.1. The van der Waals surface area contributed by atoms with Crippen LogP contribution in [0.25, 0.3) is 0 Å². The summed E-state index contributed by atoms with van der Waals surface area (Å²) < 4.78 is 2.00. The summed E-state index contributed by atoms with van der Waals surface area (Å²) in [6.45, 7) is 7.55. The summed E-state index contributed by atoms with van der Waals surface area (Å²) in [6.07, 6.45) is 6.35. The number of carbonyl (C=O) groups is 1. The molecular weight excluding hydrogens is 250 g/mol. The van der Waals surface area contributed by atoms with Crippen LogP contribution in [-0.4, -0.2) is 22.0 Å². The van der Waals surface area contributed by atoms with Gasteiger partial charge in [-0.25, -0.2) is 4.98 Å². The Bertz CT molecular complexity index is 489. The second-order valence-corrected chi connectivity index (χ2v) is 4.28. The van der Waals surface area contributed by atoms with Crippen molar-refractivity contribution in [3.8, 4) is 0 Å². The fourth-order valence-electron chi connectivity index (χ4n) is 1.69. The summed E-state index contributed by atoms with van der Waals surface area (Å²) in [4.78, 5) is 15.8. The Kier molecular flexibility index (Phi) is 7.11. The maximum Gasteiger partial charge on any atom is 0.251 e. The molecule has 1 heterocycles. The Hall–Kier alpha value is -2.10. The number of aryl methyl sites for hydroxylation is 2. The molecule has 4 heteroatoms. The SMILES string of the molecule is CC.Cc1ccc(C(=O)NCCCn2ccnc2)cc1. The average molecular weight is 273 g/mol. The zero-order valence-electron chi connectivity index (χ0n) is 12.5. The van der Waals surface area contributed by atoms with E-state index in [1.165, 1.54) is 0 Å². The highest BCUT2D eigenvalue weighted by Gasteiger charge is 2.03. The summed E-state index contributed by atoms with van der Waals surface area (Å²) >= 11 is 0. The van der Waals surface area contributed by atoms with Gasteiger partial charge in [-0.3, -0.25) is 4.79 Å². The van der Waals surface area contributed by atoms with Gasteiger partial charge in [0.25, 0.3) is 5.91 Å². The number of carbonyl (C=O) groups excluding carboxylic acids is 1. The van der Waals surface area contributed by atoms with Crippen LogP contribution in [0.4, 0.5) is 0 Å². The first-order chi connectivity index (χ1) is 9.75. The molecule has 0 aliphatic rings. The Labute approximate surface area is 120 Å². The van der Waals surface area contributed by atoms with Gasteiger partial charge in [-0.1, -0.05) is 31.5 Å². The average Bonchev–Trinajstić information content (AvgIpc) is 2.99. The number of nitrogens with zero attached hydrogens (tertiary/aromatic N) is 2. The minimum atomic E-state index is -0.0133. The van der Waals surface area contributed by atoms with Crippen molar-refractivity contribution >= 4 is 5.91 Å². The normalized spacial score (nSPS) is 9.55. The molecule has 2 rings (SSSR count). The predicted octanol–water partition coefficient (Wildman–Crippen LogP) is 3.04. The van der Waals surface area contributed by atoms with Crippen LogP contribution < -0.4 is 5.32 Å². The molecule has 0 unspecified atom stereocenters. The summed E-state index contributed by atoms with van der Waals surface area (Å²) in [6, 6.07) is 7.59. The molecule has 0 atom stereocenters. The van der Waals surface area contributed by atoms with E-state index in [2.05, 4.69) is 10.3 Å². The van der Waals surface area contributed by atoms with E-state index < -0.39 is 0 Å². The van der Waals surface area contributed by atoms with Crippen LogP contribution in [0.1, 0.15) is 36.2 Å². The van der Waals surface area contributed by atoms with E-state index >= 15 is 0 Å². The Morgan fingerprint density at radius 1 is 1.25 bits per heavy atom. The summed E-state index contributed by atoms with van der Waals surface area (Å²) in [5.74, 6) is -0.0133. The molecule has 0 radical (unpaired) electrons. The number of benzene rings is 1. The van der Waals surface area contributed by atoms with Crippen LogP contribution in [0.15, 0.2) is 43.0 Å². The van der Waals surface area contributed by atoms with Gasteiger partial charge in [-0.2, -0.15) is 0 Å². The van der Waals surface area contributed by atoms with Crippen LogP contribution in [0.2, 0.25) is 0 Å². The van der Waals surface area contributed by atoms with E-state index in [0.29, 0.717) is 12.1 Å². The molecule has 0 spiro atoms. The van der Waals surface area contributed by atoms with Crippen molar-refractivity contribution in [2.45, 2.75) is 33.7 Å². The van der Waals surface area contributed by atoms with Crippen molar-refractivity contribution in [1.82, 2.24) is 14.9 Å². The first kappa shape index (κ1) is 16.0. The van der Waals surface area contributed by atoms with Gasteiger partial charge >= 0.3 is 0 Å². The first-order valence-electron chi connectivity index (χ1n) is 7.06. The van der Waals surface area contributed by atoms with Gasteiger partial charge in [0.15, 0.2) is 0 Å². The Balaban J connectivity index is 0.000000956. The van der Waals surface area contributed by atoms with E-state index in [1.807, 2.05) is 55.8 Å². The van der Waals surface area contributed by atoms with Crippen LogP contribution in [-0.2, 0) is 6.54 Å². The van der Waals surface area contributed by atoms with Crippen LogP contribution >= 0.6 is 0 Å². The largest absolute Gasteiger partial charge is 0.352 e. The lowest BCUT2D eigenvalue weighted by Crippen LogP contribution is -2.25. The van der Waals surface area contributed by atoms with E-state index in [-0.39, 0.29) is 5.91 Å². The fourth-order valence-corrected chi connectivity index (χ4v) is 1.69. The first-order valence-corrected chi connectivity index (χ1v) is 7.06. The minimum absolute atomic E-state index is 0.0133. The molecule has 1 aromatic carbocycles. The summed E-state index contributed by atoms with van der Waals surface area (Å²) in [7, 11) is 0. The molecule has 1 amide bonds. The Morgan fingerprint density at radius 3 is 2.55 bits per heavy atom. The molecule has 0 saturated heterocycles. The monoisotopic (exact) mass is 273 g/mol. The molecule has 4 nitrogen and oxygen atoms in total. The smallest absolute Gasteiger partial charge is 0.251 e. The van der Waals surface area contributed by atoms with E-state index in [4.69, 9.17) is 0 Å². The van der Waals surface area contributed by atoms with Gasteiger partial charge in [0, 0.05) is 31.0 Å². The fraction of sp³-hybridized carbons (Fsp3) is 0.375. The van der Waals surface area contributed by atoms with E-state index in [0.717, 1.165) is 18.5 Å². The molecule has 1 N–H and O–H groups in total. The second kappa shape index (κ2) is 8.91. The quantitative estimate of drug-likeness (QED) is 0.851. The molecule has 0 aliphatic heterocycles. The molecule has 0 bridgehead atoms. The Morgan fingerprint density at radius 2 is 1.95 bits per heavy atom. The van der Waals surface area contributed by atoms with Crippen molar-refractivity contribution in [2.75, 3.05) is 6.54 Å². The van der Waals surface area contributed by atoms with Crippen LogP contribution in [0.3, 0.4) is 0 Å². The van der Waals surface area contributed by atoms with Crippen LogP contribution in [0, 0.1) is 6.92 Å². The number of hydrogen-bond donors (Lipinski definition) is 1. The summed E-state index contributed by atoms with van der Waals surface area (Å²) in [5.41, 5.74) is 1.87. The van der Waals surface area contributed by atoms with E-state index in [1.54, 1.807) is 12.5 Å². The van der Waals surface area contributed by atoms with Gasteiger partial charge in [0.05, 0.1) is 6.33 Å². The second-order valence-electron chi connectivity index (χ2n) is 4.28. The number of aromatic nitrogens is 2. The standard InChI is InChI=1S/C14H17N3O.C2H6/c1-12-3-5-13(6-4-12)14(18)16-7-2-9-17-10-8-15-11-17;1-2/h3-6,8,10-11H,2,7,9H2,1H3,(H,16,18);1-2H3. The maximum absolute atomic E-state index is 11.8. The molecule has 0 saturated carbocycles. The molecule has 108 valence electrons. The molecule has 1 aromatic heterocycles. The zero-order chi connectivity index (χ0) is 14.8. The van der Waals surface area contributed by atoms with Crippen molar-refractivity contribution < 1.29 is 4.79 Å². The van der Waals surface area contributed by atoms with Gasteiger partial charge in [-0.15, -0.1) is 0 Å². The van der Waals surface area contributed by atoms with Crippen molar-refractivity contribution in [2.24, 2.45) is 0 Å².